The highest BCUT2D eigenvalue weighted by Crippen LogP contribution is 2.34. The van der Waals surface area contributed by atoms with Gasteiger partial charge in [-0.25, -0.2) is 4.79 Å². The number of hydrogen-bond acceptors (Lipinski definition) is 4. The molecule has 7 heteroatoms. The number of methoxy groups -OCH3 is 1. The average Bonchev–Trinajstić information content (AvgIpc) is 3.37. The van der Waals surface area contributed by atoms with Crippen LogP contribution in [0.1, 0.15) is 0 Å². The lowest BCUT2D eigenvalue weighted by atomic mass is 10.1. The number of amides is 1. The monoisotopic (exact) mass is 348 g/mol. The van der Waals surface area contributed by atoms with Gasteiger partial charge in [-0.2, -0.15) is 5.10 Å². The number of cyclic esters (lactones) is 1. The van der Waals surface area contributed by atoms with Gasteiger partial charge in [0.05, 0.1) is 24.9 Å². The smallest absolute Gasteiger partial charge is 0.414 e. The van der Waals surface area contributed by atoms with Gasteiger partial charge in [-0.1, -0.05) is 6.07 Å². The molecule has 0 radical (unpaired) electrons. The Balaban J connectivity index is 1.66. The zero-order valence-electron chi connectivity index (χ0n) is 14.1. The predicted octanol–water partition coefficient (Wildman–Crippen LogP) is 3.68. The molecular weight excluding hydrogens is 332 g/mol. The molecule has 1 fully saturated rings. The highest BCUT2D eigenvalue weighted by Gasteiger charge is 2.24. The van der Waals surface area contributed by atoms with Crippen molar-refractivity contribution in [3.8, 4) is 17.1 Å². The van der Waals surface area contributed by atoms with E-state index in [9.17, 15) is 4.79 Å². The fourth-order valence-corrected chi connectivity index (χ4v) is 3.44. The van der Waals surface area contributed by atoms with Crippen LogP contribution in [-0.4, -0.2) is 41.5 Å². The fraction of sp³-hybridized carbons (Fsp3) is 0.158. The summed E-state index contributed by atoms with van der Waals surface area (Å²) in [6.45, 7) is 0.970. The van der Waals surface area contributed by atoms with Crippen LogP contribution in [-0.2, 0) is 4.74 Å². The highest BCUT2D eigenvalue weighted by molar-refractivity contribution is 6.00. The van der Waals surface area contributed by atoms with Gasteiger partial charge in [-0.05, 0) is 36.4 Å². The van der Waals surface area contributed by atoms with Crippen LogP contribution in [0, 0.1) is 0 Å². The Hall–Kier alpha value is -3.48. The summed E-state index contributed by atoms with van der Waals surface area (Å²) in [5.41, 5.74) is 4.37. The Kier molecular flexibility index (Phi) is 3.15. The first-order chi connectivity index (χ1) is 12.7. The van der Waals surface area contributed by atoms with Gasteiger partial charge in [0.25, 0.3) is 0 Å². The number of nitrogens with zero attached hydrogens (tertiary/aromatic N) is 2. The van der Waals surface area contributed by atoms with E-state index in [1.807, 2.05) is 42.5 Å². The molecule has 130 valence electrons. The summed E-state index contributed by atoms with van der Waals surface area (Å²) in [5.74, 6) is 0.811. The van der Waals surface area contributed by atoms with Crippen molar-refractivity contribution in [3.05, 3.63) is 42.5 Å². The Morgan fingerprint density at radius 1 is 1.15 bits per heavy atom. The number of H-pyrrole nitrogens is 2. The third-order valence-electron chi connectivity index (χ3n) is 4.72. The van der Waals surface area contributed by atoms with Gasteiger partial charge in [0.15, 0.2) is 0 Å². The lowest BCUT2D eigenvalue weighted by molar-refractivity contribution is 0.181. The van der Waals surface area contributed by atoms with Crippen LogP contribution in [0.15, 0.2) is 42.5 Å². The molecule has 2 aromatic heterocycles. The van der Waals surface area contributed by atoms with E-state index in [4.69, 9.17) is 9.47 Å². The minimum Gasteiger partial charge on any atom is -0.496 e. The summed E-state index contributed by atoms with van der Waals surface area (Å²) in [4.78, 5) is 16.9. The summed E-state index contributed by atoms with van der Waals surface area (Å²) in [6.07, 6.45) is -0.315. The largest absolute Gasteiger partial charge is 0.496 e. The molecule has 2 N–H and O–H groups in total. The Morgan fingerprint density at radius 3 is 2.88 bits per heavy atom. The maximum Gasteiger partial charge on any atom is 0.414 e. The van der Waals surface area contributed by atoms with Crippen LogP contribution in [0.25, 0.3) is 33.2 Å². The van der Waals surface area contributed by atoms with E-state index >= 15 is 0 Å². The first-order valence-electron chi connectivity index (χ1n) is 8.33. The van der Waals surface area contributed by atoms with Crippen LogP contribution >= 0.6 is 0 Å². The summed E-state index contributed by atoms with van der Waals surface area (Å²) < 4.78 is 10.5. The Labute approximate surface area is 148 Å². The van der Waals surface area contributed by atoms with E-state index in [-0.39, 0.29) is 6.09 Å². The molecule has 1 amide bonds. The van der Waals surface area contributed by atoms with Crippen molar-refractivity contribution in [2.24, 2.45) is 0 Å². The van der Waals surface area contributed by atoms with Gasteiger partial charge in [-0.3, -0.25) is 10.00 Å². The maximum absolute atomic E-state index is 11.9. The lowest BCUT2D eigenvalue weighted by Gasteiger charge is -2.12. The van der Waals surface area contributed by atoms with E-state index in [0.717, 1.165) is 44.6 Å². The van der Waals surface area contributed by atoms with E-state index in [1.54, 1.807) is 12.0 Å². The number of rotatable bonds is 3. The van der Waals surface area contributed by atoms with E-state index in [2.05, 4.69) is 15.2 Å². The molecule has 0 atom stereocenters. The number of hydrogen-bond donors (Lipinski definition) is 2. The molecule has 4 aromatic rings. The zero-order chi connectivity index (χ0) is 17.7. The summed E-state index contributed by atoms with van der Waals surface area (Å²) >= 11 is 0. The molecule has 3 heterocycles. The van der Waals surface area contributed by atoms with Gasteiger partial charge in [0.1, 0.15) is 18.1 Å². The van der Waals surface area contributed by atoms with Gasteiger partial charge in [0.2, 0.25) is 0 Å². The van der Waals surface area contributed by atoms with Crippen LogP contribution in [0.3, 0.4) is 0 Å². The van der Waals surface area contributed by atoms with Gasteiger partial charge < -0.3 is 14.5 Å². The lowest BCUT2D eigenvalue weighted by Crippen LogP contribution is -2.23. The Morgan fingerprint density at radius 2 is 2.08 bits per heavy atom. The SMILES string of the molecule is COc1cccc2[nH]c(-c3n[nH]c4ccc(N5CCOC5=O)cc34)cc12. The molecule has 5 rings (SSSR count). The minimum atomic E-state index is -0.315. The van der Waals surface area contributed by atoms with Crippen molar-refractivity contribution >= 4 is 33.6 Å². The molecule has 0 spiro atoms. The number of benzene rings is 2. The minimum absolute atomic E-state index is 0.315. The van der Waals surface area contributed by atoms with Crippen molar-refractivity contribution in [2.75, 3.05) is 25.2 Å². The number of carbonyl (C=O) groups is 1. The Bertz CT molecular complexity index is 1140. The van der Waals surface area contributed by atoms with Gasteiger partial charge >= 0.3 is 6.09 Å². The quantitative estimate of drug-likeness (QED) is 0.592. The number of aromatic nitrogens is 3. The third-order valence-corrected chi connectivity index (χ3v) is 4.72. The zero-order valence-corrected chi connectivity index (χ0v) is 14.1. The molecule has 1 saturated heterocycles. The number of nitrogens with one attached hydrogen (secondary N) is 2. The third kappa shape index (κ3) is 2.13. The highest BCUT2D eigenvalue weighted by atomic mass is 16.6. The van der Waals surface area contributed by atoms with E-state index < -0.39 is 0 Å². The van der Waals surface area contributed by atoms with Crippen LogP contribution in [0.5, 0.6) is 5.75 Å². The second-order valence-corrected chi connectivity index (χ2v) is 6.17. The number of anilines is 1. The number of carbonyl (C=O) groups excluding carboxylic acids is 1. The van der Waals surface area contributed by atoms with Crippen LogP contribution < -0.4 is 9.64 Å². The molecule has 0 saturated carbocycles. The molecule has 0 unspecified atom stereocenters. The summed E-state index contributed by atoms with van der Waals surface area (Å²) in [7, 11) is 1.66. The molecular formula is C19H16N4O3. The van der Waals surface area contributed by atoms with Crippen LogP contribution in [0.2, 0.25) is 0 Å². The molecule has 2 aromatic carbocycles. The molecule has 1 aliphatic rings. The van der Waals surface area contributed by atoms with E-state index in [0.29, 0.717) is 13.2 Å². The molecule has 0 bridgehead atoms. The van der Waals surface area contributed by atoms with Crippen molar-refractivity contribution < 1.29 is 14.3 Å². The number of ether oxygens (including phenoxy) is 2. The molecule has 7 nitrogen and oxygen atoms in total. The first-order valence-corrected chi connectivity index (χ1v) is 8.33. The topological polar surface area (TPSA) is 83.2 Å². The van der Waals surface area contributed by atoms with Crippen molar-refractivity contribution in [3.63, 3.8) is 0 Å². The molecule has 0 aliphatic carbocycles. The first kappa shape index (κ1) is 14.8. The summed E-state index contributed by atoms with van der Waals surface area (Å²) in [6, 6.07) is 13.7. The van der Waals surface area contributed by atoms with E-state index in [1.165, 1.54) is 0 Å². The predicted molar refractivity (Wildman–Crippen MR) is 98.6 cm³/mol. The van der Waals surface area contributed by atoms with Crippen molar-refractivity contribution in [2.45, 2.75) is 0 Å². The van der Waals surface area contributed by atoms with Gasteiger partial charge in [-0.15, -0.1) is 0 Å². The standard InChI is InChI=1S/C19H16N4O3/c1-25-17-4-2-3-14-12(17)10-16(20-14)18-13-9-11(5-6-15(13)21-22-18)23-7-8-26-19(23)24/h2-6,9-10,20H,7-8H2,1H3,(H,21,22). The summed E-state index contributed by atoms with van der Waals surface area (Å²) in [5, 5.41) is 9.46. The molecule has 1 aliphatic heterocycles. The maximum atomic E-state index is 11.9. The number of fused-ring (bicyclic) bond motifs is 2. The molecule has 26 heavy (non-hydrogen) atoms. The second-order valence-electron chi connectivity index (χ2n) is 6.17. The second kappa shape index (κ2) is 5.52. The normalized spacial score (nSPS) is 14.3. The van der Waals surface area contributed by atoms with Crippen LogP contribution in [0.4, 0.5) is 10.5 Å². The number of aromatic amines is 2. The van der Waals surface area contributed by atoms with Gasteiger partial charge in [0, 0.05) is 22.0 Å². The fourth-order valence-electron chi connectivity index (χ4n) is 3.44. The van der Waals surface area contributed by atoms with Crippen molar-refractivity contribution in [1.82, 2.24) is 15.2 Å². The van der Waals surface area contributed by atoms with Crippen molar-refractivity contribution in [1.29, 1.82) is 0 Å². The average molecular weight is 348 g/mol.